The summed E-state index contributed by atoms with van der Waals surface area (Å²) in [7, 11) is 3.30. The van der Waals surface area contributed by atoms with Gasteiger partial charge in [-0.2, -0.15) is 0 Å². The van der Waals surface area contributed by atoms with E-state index in [1.54, 1.807) is 44.6 Å². The molecule has 2 amide bonds. The van der Waals surface area contributed by atoms with Crippen molar-refractivity contribution in [3.8, 4) is 5.75 Å². The SMILES string of the molecule is CCCC(=O)N1CCc2c(sc(NC(=O)c3cccc(OC)c3)c2C=NC)C1. The number of carbonyl (C=O) groups excluding carboxylic acids is 2. The largest absolute Gasteiger partial charge is 0.497 e. The molecule has 3 rings (SSSR count). The summed E-state index contributed by atoms with van der Waals surface area (Å²) in [5.41, 5.74) is 2.66. The van der Waals surface area contributed by atoms with Crippen molar-refractivity contribution in [1.29, 1.82) is 0 Å². The second-order valence-electron chi connectivity index (χ2n) is 6.64. The van der Waals surface area contributed by atoms with E-state index in [0.29, 0.717) is 30.8 Å². The lowest BCUT2D eigenvalue weighted by molar-refractivity contribution is -0.132. The molecule has 0 fully saturated rings. The van der Waals surface area contributed by atoms with Crippen LogP contribution in [0.2, 0.25) is 0 Å². The van der Waals surface area contributed by atoms with E-state index < -0.39 is 0 Å². The van der Waals surface area contributed by atoms with E-state index in [0.717, 1.165) is 28.3 Å². The molecule has 0 atom stereocenters. The van der Waals surface area contributed by atoms with Crippen molar-refractivity contribution in [2.45, 2.75) is 32.7 Å². The number of carbonyl (C=O) groups is 2. The molecule has 1 aliphatic heterocycles. The van der Waals surface area contributed by atoms with Gasteiger partial charge in [0, 0.05) is 42.2 Å². The standard InChI is InChI=1S/C21H25N3O3S/c1-4-6-19(25)24-10-9-16-17(12-22-2)21(28-18(16)13-24)23-20(26)14-7-5-8-15(11-14)27-3/h5,7-8,11-12H,4,6,9-10,13H2,1-3H3,(H,23,26). The minimum Gasteiger partial charge on any atom is -0.497 e. The maximum atomic E-state index is 12.7. The van der Waals surface area contributed by atoms with Gasteiger partial charge in [-0.25, -0.2) is 0 Å². The second-order valence-corrected chi connectivity index (χ2v) is 7.74. The molecular formula is C21H25N3O3S. The van der Waals surface area contributed by atoms with Gasteiger partial charge in [0.25, 0.3) is 5.91 Å². The van der Waals surface area contributed by atoms with Crippen LogP contribution in [0, 0.1) is 0 Å². The number of nitrogens with zero attached hydrogens (tertiary/aromatic N) is 2. The third-order valence-corrected chi connectivity index (χ3v) is 5.88. The molecule has 1 aromatic heterocycles. The van der Waals surface area contributed by atoms with E-state index in [1.807, 2.05) is 11.8 Å². The molecule has 7 heteroatoms. The first-order valence-electron chi connectivity index (χ1n) is 9.37. The van der Waals surface area contributed by atoms with Crippen molar-refractivity contribution >= 4 is 34.4 Å². The summed E-state index contributed by atoms with van der Waals surface area (Å²) in [5, 5.41) is 3.79. The molecule has 0 aliphatic carbocycles. The molecule has 0 bridgehead atoms. The zero-order valence-electron chi connectivity index (χ0n) is 16.4. The van der Waals surface area contributed by atoms with Crippen LogP contribution in [-0.4, -0.2) is 43.6 Å². The number of hydrogen-bond acceptors (Lipinski definition) is 5. The Morgan fingerprint density at radius 2 is 2.21 bits per heavy atom. The number of benzene rings is 1. The molecule has 2 heterocycles. The van der Waals surface area contributed by atoms with Gasteiger partial charge in [-0.05, 0) is 36.6 Å². The Labute approximate surface area is 169 Å². The fourth-order valence-corrected chi connectivity index (χ4v) is 4.54. The summed E-state index contributed by atoms with van der Waals surface area (Å²) in [5.74, 6) is 0.634. The molecule has 0 radical (unpaired) electrons. The number of aliphatic imine (C=N–C) groups is 1. The normalized spacial score (nSPS) is 13.5. The van der Waals surface area contributed by atoms with Gasteiger partial charge in [-0.3, -0.25) is 14.6 Å². The molecule has 6 nitrogen and oxygen atoms in total. The molecule has 2 aromatic rings. The van der Waals surface area contributed by atoms with Crippen LogP contribution in [0.4, 0.5) is 5.00 Å². The topological polar surface area (TPSA) is 71.0 Å². The number of methoxy groups -OCH3 is 1. The summed E-state index contributed by atoms with van der Waals surface area (Å²) in [6.45, 7) is 3.31. The Bertz CT molecular complexity index is 904. The third kappa shape index (κ3) is 4.25. The van der Waals surface area contributed by atoms with E-state index >= 15 is 0 Å². The van der Waals surface area contributed by atoms with Crippen LogP contribution in [0.3, 0.4) is 0 Å². The molecule has 1 aromatic carbocycles. The number of thiophene rings is 1. The molecule has 0 saturated heterocycles. The van der Waals surface area contributed by atoms with Crippen molar-refractivity contribution < 1.29 is 14.3 Å². The van der Waals surface area contributed by atoms with Crippen LogP contribution in [0.5, 0.6) is 5.75 Å². The van der Waals surface area contributed by atoms with Crippen molar-refractivity contribution in [1.82, 2.24) is 4.90 Å². The van der Waals surface area contributed by atoms with Gasteiger partial charge in [0.2, 0.25) is 5.91 Å². The highest BCUT2D eigenvalue weighted by molar-refractivity contribution is 7.17. The van der Waals surface area contributed by atoms with Crippen molar-refractivity contribution in [2.75, 3.05) is 26.0 Å². The highest BCUT2D eigenvalue weighted by atomic mass is 32.1. The number of ether oxygens (including phenoxy) is 1. The molecule has 1 aliphatic rings. The van der Waals surface area contributed by atoms with Crippen LogP contribution in [0.15, 0.2) is 29.3 Å². The zero-order chi connectivity index (χ0) is 20.1. The van der Waals surface area contributed by atoms with Gasteiger partial charge in [0.1, 0.15) is 10.8 Å². The highest BCUT2D eigenvalue weighted by Crippen LogP contribution is 2.36. The Hall–Kier alpha value is -2.67. The molecular weight excluding hydrogens is 374 g/mol. The van der Waals surface area contributed by atoms with Crippen molar-refractivity contribution in [3.63, 3.8) is 0 Å². The van der Waals surface area contributed by atoms with Crippen LogP contribution >= 0.6 is 11.3 Å². The van der Waals surface area contributed by atoms with E-state index in [4.69, 9.17) is 4.74 Å². The average molecular weight is 400 g/mol. The molecule has 0 saturated carbocycles. The lowest BCUT2D eigenvalue weighted by Gasteiger charge is -2.27. The molecule has 148 valence electrons. The van der Waals surface area contributed by atoms with E-state index in [1.165, 1.54) is 16.9 Å². The summed E-state index contributed by atoms with van der Waals surface area (Å²) < 4.78 is 5.20. The quantitative estimate of drug-likeness (QED) is 0.752. The molecule has 1 N–H and O–H groups in total. The fraction of sp³-hybridized carbons (Fsp3) is 0.381. The van der Waals surface area contributed by atoms with Crippen LogP contribution in [0.1, 0.15) is 46.1 Å². The van der Waals surface area contributed by atoms with E-state index in [9.17, 15) is 9.59 Å². The van der Waals surface area contributed by atoms with Gasteiger partial charge in [0.15, 0.2) is 0 Å². The lowest BCUT2D eigenvalue weighted by Crippen LogP contribution is -2.35. The van der Waals surface area contributed by atoms with Gasteiger partial charge >= 0.3 is 0 Å². The number of anilines is 1. The van der Waals surface area contributed by atoms with Crippen LogP contribution in [0.25, 0.3) is 0 Å². The monoisotopic (exact) mass is 399 g/mol. The molecule has 0 unspecified atom stereocenters. The third-order valence-electron chi connectivity index (χ3n) is 4.73. The molecule has 28 heavy (non-hydrogen) atoms. The van der Waals surface area contributed by atoms with Crippen molar-refractivity contribution in [3.05, 3.63) is 45.8 Å². The predicted octanol–water partition coefficient (Wildman–Crippen LogP) is 3.74. The summed E-state index contributed by atoms with van der Waals surface area (Å²) in [6.07, 6.45) is 3.99. The van der Waals surface area contributed by atoms with Crippen LogP contribution in [-0.2, 0) is 17.8 Å². The van der Waals surface area contributed by atoms with Gasteiger partial charge in [-0.1, -0.05) is 13.0 Å². The van der Waals surface area contributed by atoms with Crippen LogP contribution < -0.4 is 10.1 Å². The Kier molecular flexibility index (Phi) is 6.46. The smallest absolute Gasteiger partial charge is 0.256 e. The maximum Gasteiger partial charge on any atom is 0.256 e. The number of fused-ring (bicyclic) bond motifs is 1. The minimum atomic E-state index is -0.192. The Morgan fingerprint density at radius 1 is 1.39 bits per heavy atom. The first-order valence-corrected chi connectivity index (χ1v) is 10.2. The van der Waals surface area contributed by atoms with Gasteiger partial charge in [0.05, 0.1) is 13.7 Å². The number of amides is 2. The Balaban J connectivity index is 1.85. The highest BCUT2D eigenvalue weighted by Gasteiger charge is 2.26. The predicted molar refractivity (Wildman–Crippen MR) is 113 cm³/mol. The Morgan fingerprint density at radius 3 is 2.93 bits per heavy atom. The van der Waals surface area contributed by atoms with Gasteiger partial charge < -0.3 is 15.0 Å². The van der Waals surface area contributed by atoms with E-state index in [-0.39, 0.29) is 11.8 Å². The number of nitrogens with one attached hydrogen (secondary N) is 1. The zero-order valence-corrected chi connectivity index (χ0v) is 17.3. The average Bonchev–Trinajstić information content (AvgIpc) is 3.04. The van der Waals surface area contributed by atoms with Crippen molar-refractivity contribution in [2.24, 2.45) is 4.99 Å². The summed E-state index contributed by atoms with van der Waals surface area (Å²) in [4.78, 5) is 32.2. The van der Waals surface area contributed by atoms with E-state index in [2.05, 4.69) is 10.3 Å². The minimum absolute atomic E-state index is 0.189. The maximum absolute atomic E-state index is 12.7. The summed E-state index contributed by atoms with van der Waals surface area (Å²) in [6, 6.07) is 7.06. The number of hydrogen-bond donors (Lipinski definition) is 1. The first kappa shape index (κ1) is 20.1. The first-order chi connectivity index (χ1) is 13.6. The fourth-order valence-electron chi connectivity index (χ4n) is 3.31. The second kappa shape index (κ2) is 9.01. The number of rotatable bonds is 6. The molecule has 0 spiro atoms. The summed E-state index contributed by atoms with van der Waals surface area (Å²) >= 11 is 1.53. The lowest BCUT2D eigenvalue weighted by atomic mass is 10.0. The van der Waals surface area contributed by atoms with Gasteiger partial charge in [-0.15, -0.1) is 11.3 Å².